The minimum Gasteiger partial charge on any atom is -0.294 e. The second-order valence-electron chi connectivity index (χ2n) is 6.66. The highest BCUT2D eigenvalue weighted by Crippen LogP contribution is 2.44. The lowest BCUT2D eigenvalue weighted by Gasteiger charge is -2.38. The molecule has 2 atom stereocenters. The first-order chi connectivity index (χ1) is 10.7. The normalized spacial score (nSPS) is 27.8. The molecule has 2 bridgehead atoms. The van der Waals surface area contributed by atoms with Gasteiger partial charge in [-0.05, 0) is 44.2 Å². The maximum absolute atomic E-state index is 13.1. The standard InChI is InChI=1S/C19H21NOS/c1-12-17(8-7-13-4-3-9-20-18(12)13)19(21)14-10-15-5-2-6-16(11-14)22-15/h3-4,7-9,14-16H,2,5-6,10-11H2,1H3. The number of aromatic nitrogens is 1. The molecule has 2 saturated heterocycles. The number of fused-ring (bicyclic) bond motifs is 3. The largest absolute Gasteiger partial charge is 0.294 e. The fourth-order valence-corrected chi connectivity index (χ4v) is 5.89. The molecule has 0 radical (unpaired) electrons. The zero-order valence-electron chi connectivity index (χ0n) is 12.9. The molecular formula is C19H21NOS. The molecular weight excluding hydrogens is 290 g/mol. The predicted octanol–water partition coefficient (Wildman–Crippen LogP) is 4.79. The van der Waals surface area contributed by atoms with Crippen LogP contribution in [0.15, 0.2) is 30.5 Å². The molecule has 3 heteroatoms. The summed E-state index contributed by atoms with van der Waals surface area (Å²) in [6.07, 6.45) is 7.89. The Hall–Kier alpha value is -1.35. The van der Waals surface area contributed by atoms with Crippen molar-refractivity contribution in [2.24, 2.45) is 5.92 Å². The van der Waals surface area contributed by atoms with Crippen molar-refractivity contribution in [3.8, 4) is 0 Å². The Bertz CT molecular complexity index is 714. The summed E-state index contributed by atoms with van der Waals surface area (Å²) in [4.78, 5) is 17.5. The Morgan fingerprint density at radius 3 is 2.73 bits per heavy atom. The average molecular weight is 311 g/mol. The van der Waals surface area contributed by atoms with E-state index in [4.69, 9.17) is 0 Å². The van der Waals surface area contributed by atoms with Gasteiger partial charge in [0, 0.05) is 33.6 Å². The highest BCUT2D eigenvalue weighted by atomic mass is 32.2. The Balaban J connectivity index is 1.66. The molecule has 1 aromatic carbocycles. The number of aryl methyl sites for hydroxylation is 1. The van der Waals surface area contributed by atoms with Gasteiger partial charge in [-0.3, -0.25) is 9.78 Å². The zero-order chi connectivity index (χ0) is 15.1. The molecule has 0 aliphatic carbocycles. The van der Waals surface area contributed by atoms with Gasteiger partial charge < -0.3 is 0 Å². The highest BCUT2D eigenvalue weighted by molar-refractivity contribution is 8.00. The van der Waals surface area contributed by atoms with E-state index in [-0.39, 0.29) is 5.92 Å². The summed E-state index contributed by atoms with van der Waals surface area (Å²) in [5.41, 5.74) is 2.91. The highest BCUT2D eigenvalue weighted by Gasteiger charge is 2.36. The molecule has 0 saturated carbocycles. The molecule has 3 heterocycles. The number of carbonyl (C=O) groups excluding carboxylic acids is 1. The summed E-state index contributed by atoms with van der Waals surface area (Å²) < 4.78 is 0. The van der Waals surface area contributed by atoms with Crippen molar-refractivity contribution in [3.63, 3.8) is 0 Å². The molecule has 22 heavy (non-hydrogen) atoms. The van der Waals surface area contributed by atoms with Crippen LogP contribution in [0.5, 0.6) is 0 Å². The van der Waals surface area contributed by atoms with E-state index in [2.05, 4.69) is 22.8 Å². The van der Waals surface area contributed by atoms with Crippen molar-refractivity contribution in [1.82, 2.24) is 4.98 Å². The van der Waals surface area contributed by atoms with Crippen LogP contribution < -0.4 is 0 Å². The van der Waals surface area contributed by atoms with Crippen molar-refractivity contribution in [1.29, 1.82) is 0 Å². The molecule has 4 rings (SSSR count). The summed E-state index contributed by atoms with van der Waals surface area (Å²) in [7, 11) is 0. The molecule has 2 aliphatic heterocycles. The van der Waals surface area contributed by atoms with Crippen LogP contribution in [-0.2, 0) is 0 Å². The first-order valence-electron chi connectivity index (χ1n) is 8.26. The number of benzene rings is 1. The van der Waals surface area contributed by atoms with E-state index in [0.29, 0.717) is 16.3 Å². The van der Waals surface area contributed by atoms with Gasteiger partial charge in [0.15, 0.2) is 5.78 Å². The van der Waals surface area contributed by atoms with Crippen LogP contribution in [0.1, 0.15) is 48.0 Å². The molecule has 0 amide bonds. The lowest BCUT2D eigenvalue weighted by Crippen LogP contribution is -2.33. The fourth-order valence-electron chi connectivity index (χ4n) is 4.05. The summed E-state index contributed by atoms with van der Waals surface area (Å²) in [6.45, 7) is 2.04. The number of nitrogens with zero attached hydrogens (tertiary/aromatic N) is 1. The third kappa shape index (κ3) is 2.45. The quantitative estimate of drug-likeness (QED) is 0.747. The number of pyridine rings is 1. The number of hydrogen-bond acceptors (Lipinski definition) is 3. The summed E-state index contributed by atoms with van der Waals surface area (Å²) >= 11 is 2.13. The van der Waals surface area contributed by atoms with Gasteiger partial charge in [0.05, 0.1) is 5.52 Å². The van der Waals surface area contributed by atoms with E-state index in [1.165, 1.54) is 19.3 Å². The van der Waals surface area contributed by atoms with Gasteiger partial charge in [0.25, 0.3) is 0 Å². The van der Waals surface area contributed by atoms with Crippen LogP contribution >= 0.6 is 11.8 Å². The molecule has 1 aromatic heterocycles. The lowest BCUT2D eigenvalue weighted by molar-refractivity contribution is 0.0896. The molecule has 2 unspecified atom stereocenters. The predicted molar refractivity (Wildman–Crippen MR) is 92.6 cm³/mol. The maximum Gasteiger partial charge on any atom is 0.166 e. The summed E-state index contributed by atoms with van der Waals surface area (Å²) in [5, 5.41) is 2.54. The second kappa shape index (κ2) is 5.69. The van der Waals surface area contributed by atoms with Crippen LogP contribution in [0.4, 0.5) is 0 Å². The number of ketones is 1. The molecule has 114 valence electrons. The smallest absolute Gasteiger partial charge is 0.166 e. The van der Waals surface area contributed by atoms with Crippen LogP contribution in [0.3, 0.4) is 0 Å². The molecule has 0 spiro atoms. The monoisotopic (exact) mass is 311 g/mol. The van der Waals surface area contributed by atoms with Crippen LogP contribution in [-0.4, -0.2) is 21.3 Å². The van der Waals surface area contributed by atoms with E-state index in [0.717, 1.165) is 34.9 Å². The average Bonchev–Trinajstić information content (AvgIpc) is 2.54. The SMILES string of the molecule is Cc1c(C(=O)C2CC3CCCC(C2)S3)ccc2cccnc12. The molecule has 2 aromatic rings. The van der Waals surface area contributed by atoms with E-state index in [9.17, 15) is 4.79 Å². The van der Waals surface area contributed by atoms with Gasteiger partial charge >= 0.3 is 0 Å². The van der Waals surface area contributed by atoms with Gasteiger partial charge in [0.1, 0.15) is 0 Å². The van der Waals surface area contributed by atoms with Crippen molar-refractivity contribution in [2.45, 2.75) is 49.5 Å². The minimum atomic E-state index is 0.219. The van der Waals surface area contributed by atoms with Crippen LogP contribution in [0, 0.1) is 12.8 Å². The number of Topliss-reactive ketones (excluding diaryl/α,β-unsaturated/α-hetero) is 1. The van der Waals surface area contributed by atoms with Crippen molar-refractivity contribution >= 4 is 28.4 Å². The lowest BCUT2D eigenvalue weighted by atomic mass is 9.83. The number of carbonyl (C=O) groups is 1. The van der Waals surface area contributed by atoms with Gasteiger partial charge in [-0.2, -0.15) is 11.8 Å². The van der Waals surface area contributed by atoms with Gasteiger partial charge in [0.2, 0.25) is 0 Å². The van der Waals surface area contributed by atoms with Gasteiger partial charge in [-0.1, -0.05) is 24.6 Å². The number of rotatable bonds is 2. The van der Waals surface area contributed by atoms with E-state index < -0.39 is 0 Å². The third-order valence-corrected chi connectivity index (χ3v) is 6.82. The number of hydrogen-bond donors (Lipinski definition) is 0. The van der Waals surface area contributed by atoms with E-state index in [1.807, 2.05) is 31.3 Å². The Kier molecular flexibility index (Phi) is 3.69. The van der Waals surface area contributed by atoms with Crippen molar-refractivity contribution in [3.05, 3.63) is 41.6 Å². The maximum atomic E-state index is 13.1. The van der Waals surface area contributed by atoms with Crippen molar-refractivity contribution in [2.75, 3.05) is 0 Å². The van der Waals surface area contributed by atoms with E-state index >= 15 is 0 Å². The van der Waals surface area contributed by atoms with Crippen molar-refractivity contribution < 1.29 is 4.79 Å². The molecule has 2 fully saturated rings. The second-order valence-corrected chi connectivity index (χ2v) is 8.26. The fraction of sp³-hybridized carbons (Fsp3) is 0.474. The third-order valence-electron chi connectivity index (χ3n) is 5.20. The molecule has 0 N–H and O–H groups in total. The van der Waals surface area contributed by atoms with E-state index in [1.54, 1.807) is 0 Å². The molecule has 2 aliphatic rings. The number of thioether (sulfide) groups is 1. The van der Waals surface area contributed by atoms with Crippen LogP contribution in [0.2, 0.25) is 0 Å². The summed E-state index contributed by atoms with van der Waals surface area (Å²) in [5.74, 6) is 0.568. The Labute approximate surface area is 135 Å². The molecule has 2 nitrogen and oxygen atoms in total. The first kappa shape index (κ1) is 14.3. The van der Waals surface area contributed by atoms with Gasteiger partial charge in [-0.25, -0.2) is 0 Å². The Morgan fingerprint density at radius 1 is 1.18 bits per heavy atom. The van der Waals surface area contributed by atoms with Gasteiger partial charge in [-0.15, -0.1) is 0 Å². The van der Waals surface area contributed by atoms with Crippen LogP contribution in [0.25, 0.3) is 10.9 Å². The minimum absolute atomic E-state index is 0.219. The zero-order valence-corrected chi connectivity index (χ0v) is 13.7. The first-order valence-corrected chi connectivity index (χ1v) is 9.20. The Morgan fingerprint density at radius 2 is 1.95 bits per heavy atom. The summed E-state index contributed by atoms with van der Waals surface area (Å²) in [6, 6.07) is 8.06. The topological polar surface area (TPSA) is 30.0 Å².